The highest BCUT2D eigenvalue weighted by molar-refractivity contribution is 5.81. The Hall–Kier alpha value is -1.59. The highest BCUT2D eigenvalue weighted by atomic mass is 16.5. The molecule has 0 spiro atoms. The van der Waals surface area contributed by atoms with Crippen LogP contribution in [0, 0.1) is 0 Å². The van der Waals surface area contributed by atoms with E-state index in [2.05, 4.69) is 12.2 Å². The predicted octanol–water partition coefficient (Wildman–Crippen LogP) is 6.86. The summed E-state index contributed by atoms with van der Waals surface area (Å²) in [5, 5.41) is 13.2. The number of rotatable bonds is 23. The normalized spacial score (nSPS) is 13.2. The first-order valence-corrected chi connectivity index (χ1v) is 14.4. The van der Waals surface area contributed by atoms with Gasteiger partial charge in [0.15, 0.2) is 0 Å². The van der Waals surface area contributed by atoms with E-state index in [1.165, 1.54) is 77.0 Å². The Morgan fingerprint density at radius 2 is 1.34 bits per heavy atom. The average Bonchev–Trinajstić information content (AvgIpc) is 2.84. The van der Waals surface area contributed by atoms with Crippen LogP contribution in [-0.2, 0) is 4.79 Å². The van der Waals surface area contributed by atoms with Crippen LogP contribution in [0.25, 0.3) is 0 Å². The van der Waals surface area contributed by atoms with Gasteiger partial charge in [-0.2, -0.15) is 0 Å². The Bertz CT molecular complexity index is 633. The number of aliphatic hydroxyl groups excluding tert-OH is 1. The molecule has 0 saturated carbocycles. The minimum atomic E-state index is -0.559. The Morgan fingerprint density at radius 3 is 1.80 bits per heavy atom. The second-order valence-corrected chi connectivity index (χ2v) is 10.4. The molecule has 5 heteroatoms. The first kappa shape index (κ1) is 31.4. The monoisotopic (exact) mass is 490 g/mol. The summed E-state index contributed by atoms with van der Waals surface area (Å²) in [6.07, 6.45) is 18.8. The van der Waals surface area contributed by atoms with Gasteiger partial charge in [0.2, 0.25) is 5.91 Å². The smallest absolute Gasteiger partial charge is 0.224 e. The number of hydrogen-bond donors (Lipinski definition) is 3. The topological polar surface area (TPSA) is 84.6 Å². The average molecular weight is 491 g/mol. The first-order valence-electron chi connectivity index (χ1n) is 14.4. The van der Waals surface area contributed by atoms with Gasteiger partial charge in [0.1, 0.15) is 18.5 Å². The van der Waals surface area contributed by atoms with Gasteiger partial charge in [0, 0.05) is 12.6 Å². The molecule has 1 aromatic rings. The summed E-state index contributed by atoms with van der Waals surface area (Å²) in [6, 6.07) is 7.90. The minimum Gasteiger partial charge on any atom is -0.491 e. The van der Waals surface area contributed by atoms with Crippen molar-refractivity contribution in [3.8, 4) is 5.75 Å². The van der Waals surface area contributed by atoms with Crippen molar-refractivity contribution >= 4 is 5.91 Å². The van der Waals surface area contributed by atoms with Gasteiger partial charge >= 0.3 is 0 Å². The number of nitrogens with two attached hydrogens (primary N) is 1. The molecule has 1 aromatic carbocycles. The number of unbranched alkanes of at least 4 members (excludes halogenated alkanes) is 13. The Kier molecular flexibility index (Phi) is 18.5. The molecule has 0 saturated heterocycles. The van der Waals surface area contributed by atoms with E-state index in [0.29, 0.717) is 18.3 Å². The summed E-state index contributed by atoms with van der Waals surface area (Å²) < 4.78 is 5.68. The van der Waals surface area contributed by atoms with Crippen LogP contribution < -0.4 is 15.8 Å². The lowest BCUT2D eigenvalue weighted by molar-refractivity contribution is -0.119. The van der Waals surface area contributed by atoms with E-state index < -0.39 is 6.10 Å². The first-order chi connectivity index (χ1) is 16.9. The lowest BCUT2D eigenvalue weighted by atomic mass is 9.92. The van der Waals surface area contributed by atoms with Crippen molar-refractivity contribution in [2.24, 2.45) is 5.73 Å². The lowest BCUT2D eigenvalue weighted by Gasteiger charge is -2.16. The number of benzene rings is 1. The van der Waals surface area contributed by atoms with Gasteiger partial charge < -0.3 is 20.9 Å². The molecular weight excluding hydrogens is 436 g/mol. The maximum Gasteiger partial charge on any atom is 0.224 e. The van der Waals surface area contributed by atoms with Gasteiger partial charge in [-0.05, 0) is 24.1 Å². The molecule has 5 nitrogen and oxygen atoms in total. The van der Waals surface area contributed by atoms with Crippen LogP contribution in [0.4, 0.5) is 0 Å². The molecule has 202 valence electrons. The van der Waals surface area contributed by atoms with Crippen LogP contribution >= 0.6 is 0 Å². The number of hydrogen-bond acceptors (Lipinski definition) is 4. The van der Waals surface area contributed by atoms with Crippen LogP contribution in [-0.4, -0.2) is 36.3 Å². The van der Waals surface area contributed by atoms with Crippen molar-refractivity contribution in [1.29, 1.82) is 0 Å². The fourth-order valence-electron chi connectivity index (χ4n) is 4.44. The SMILES string of the molecule is CCCCCCCCCCCCCCCCC(C(N)=O)c1ccc(OCC(O)CNC(C)C)cc1. The van der Waals surface area contributed by atoms with Crippen molar-refractivity contribution in [1.82, 2.24) is 5.32 Å². The third-order valence-corrected chi connectivity index (χ3v) is 6.68. The molecule has 0 aromatic heterocycles. The van der Waals surface area contributed by atoms with Crippen molar-refractivity contribution in [3.05, 3.63) is 29.8 Å². The summed E-state index contributed by atoms with van der Waals surface area (Å²) in [4.78, 5) is 12.0. The van der Waals surface area contributed by atoms with E-state index in [4.69, 9.17) is 10.5 Å². The molecule has 0 heterocycles. The zero-order chi connectivity index (χ0) is 25.7. The summed E-state index contributed by atoms with van der Waals surface area (Å²) in [6.45, 7) is 7.09. The molecule has 4 N–H and O–H groups in total. The highest BCUT2D eigenvalue weighted by Gasteiger charge is 2.17. The molecule has 35 heavy (non-hydrogen) atoms. The number of ether oxygens (including phenoxy) is 1. The Balaban J connectivity index is 2.16. The zero-order valence-corrected chi connectivity index (χ0v) is 22.9. The van der Waals surface area contributed by atoms with Crippen LogP contribution in [0.15, 0.2) is 24.3 Å². The van der Waals surface area contributed by atoms with E-state index in [1.807, 2.05) is 38.1 Å². The van der Waals surface area contributed by atoms with Crippen LogP contribution in [0.1, 0.15) is 129 Å². The second kappa shape index (κ2) is 20.6. The molecule has 0 radical (unpaired) electrons. The third kappa shape index (κ3) is 16.7. The van der Waals surface area contributed by atoms with E-state index in [0.717, 1.165) is 24.8 Å². The molecular formula is C30H54N2O3. The fraction of sp³-hybridized carbons (Fsp3) is 0.767. The quantitative estimate of drug-likeness (QED) is 0.146. The van der Waals surface area contributed by atoms with Crippen molar-refractivity contribution in [2.45, 2.75) is 135 Å². The van der Waals surface area contributed by atoms with E-state index in [-0.39, 0.29) is 18.4 Å². The molecule has 0 aliphatic rings. The van der Waals surface area contributed by atoms with E-state index in [1.54, 1.807) is 0 Å². The van der Waals surface area contributed by atoms with Crippen LogP contribution in [0.5, 0.6) is 5.75 Å². The molecule has 0 bridgehead atoms. The van der Waals surface area contributed by atoms with Crippen molar-refractivity contribution in [2.75, 3.05) is 13.2 Å². The summed E-state index contributed by atoms with van der Waals surface area (Å²) in [5.74, 6) is 0.183. The summed E-state index contributed by atoms with van der Waals surface area (Å²) in [7, 11) is 0. The second-order valence-electron chi connectivity index (χ2n) is 10.4. The van der Waals surface area contributed by atoms with Crippen LogP contribution in [0.3, 0.4) is 0 Å². The van der Waals surface area contributed by atoms with Gasteiger partial charge in [-0.15, -0.1) is 0 Å². The standard InChI is InChI=1S/C30H54N2O3/c1-4-5-6-7-8-9-10-11-12-13-14-15-16-17-18-29(30(31)34)26-19-21-28(22-20-26)35-24-27(33)23-32-25(2)3/h19-22,25,27,29,32-33H,4-18,23-24H2,1-3H3,(H2,31,34). The molecule has 0 aliphatic carbocycles. The fourth-order valence-corrected chi connectivity index (χ4v) is 4.44. The van der Waals surface area contributed by atoms with Gasteiger partial charge in [0.25, 0.3) is 0 Å². The zero-order valence-electron chi connectivity index (χ0n) is 22.9. The summed E-state index contributed by atoms with van der Waals surface area (Å²) in [5.41, 5.74) is 6.65. The largest absolute Gasteiger partial charge is 0.491 e. The molecule has 2 unspecified atom stereocenters. The van der Waals surface area contributed by atoms with Gasteiger partial charge in [0.05, 0.1) is 5.92 Å². The van der Waals surface area contributed by atoms with Gasteiger partial charge in [-0.1, -0.05) is 123 Å². The Labute approximate surface area is 215 Å². The van der Waals surface area contributed by atoms with Crippen LogP contribution in [0.2, 0.25) is 0 Å². The van der Waals surface area contributed by atoms with Gasteiger partial charge in [-0.25, -0.2) is 0 Å². The van der Waals surface area contributed by atoms with Crippen molar-refractivity contribution < 1.29 is 14.6 Å². The maximum atomic E-state index is 12.0. The summed E-state index contributed by atoms with van der Waals surface area (Å²) >= 11 is 0. The molecule has 0 fully saturated rings. The molecule has 2 atom stereocenters. The number of carbonyl (C=O) groups excluding carboxylic acids is 1. The van der Waals surface area contributed by atoms with Crippen molar-refractivity contribution in [3.63, 3.8) is 0 Å². The Morgan fingerprint density at radius 1 is 0.857 bits per heavy atom. The number of amides is 1. The lowest BCUT2D eigenvalue weighted by Crippen LogP contribution is -2.35. The molecule has 1 amide bonds. The number of aliphatic hydroxyl groups is 1. The number of carbonyl (C=O) groups is 1. The van der Waals surface area contributed by atoms with E-state index >= 15 is 0 Å². The highest BCUT2D eigenvalue weighted by Crippen LogP contribution is 2.25. The predicted molar refractivity (Wildman–Crippen MR) is 148 cm³/mol. The molecule has 1 rings (SSSR count). The maximum absolute atomic E-state index is 12.0. The third-order valence-electron chi connectivity index (χ3n) is 6.68. The number of primary amides is 1. The van der Waals surface area contributed by atoms with E-state index in [9.17, 15) is 9.90 Å². The minimum absolute atomic E-state index is 0.233. The molecule has 0 aliphatic heterocycles. The van der Waals surface area contributed by atoms with Gasteiger partial charge in [-0.3, -0.25) is 4.79 Å². The number of nitrogens with one attached hydrogen (secondary N) is 1.